The smallest absolute Gasteiger partial charge is 0.258 e. The number of hydrogen-bond acceptors (Lipinski definition) is 3. The summed E-state index contributed by atoms with van der Waals surface area (Å²) < 4.78 is 13.0. The van der Waals surface area contributed by atoms with E-state index in [1.807, 2.05) is 0 Å². The van der Waals surface area contributed by atoms with Crippen molar-refractivity contribution in [1.82, 2.24) is 0 Å². The first-order valence-electron chi connectivity index (χ1n) is 6.68. The minimum atomic E-state index is -0.352. The highest BCUT2D eigenvalue weighted by molar-refractivity contribution is 6.06. The Morgan fingerprint density at radius 1 is 1.10 bits per heavy atom. The van der Waals surface area contributed by atoms with Gasteiger partial charge in [-0.15, -0.1) is 0 Å². The van der Waals surface area contributed by atoms with E-state index in [1.165, 1.54) is 24.3 Å². The van der Waals surface area contributed by atoms with Gasteiger partial charge in [0.15, 0.2) is 0 Å². The Morgan fingerprint density at radius 3 is 2.29 bits per heavy atom. The molecule has 2 aromatic rings. The molecule has 0 atom stereocenters. The summed E-state index contributed by atoms with van der Waals surface area (Å²) in [4.78, 5) is 14.1. The van der Waals surface area contributed by atoms with E-state index in [-0.39, 0.29) is 17.5 Å². The lowest BCUT2D eigenvalue weighted by Gasteiger charge is -2.23. The Hall–Kier alpha value is -2.40. The molecule has 2 aromatic carbocycles. The number of aromatic hydroxyl groups is 1. The van der Waals surface area contributed by atoms with E-state index in [9.17, 15) is 14.3 Å². The number of nitrogens with zero attached hydrogens (tertiary/aromatic N) is 1. The van der Waals surface area contributed by atoms with Gasteiger partial charge in [-0.25, -0.2) is 4.39 Å². The SMILES string of the molecule is NCCCN(C(=O)c1ccc(O)cc1)c1ccc(F)cc1. The molecule has 4 nitrogen and oxygen atoms in total. The maximum Gasteiger partial charge on any atom is 0.258 e. The molecule has 2 rings (SSSR count). The van der Waals surface area contributed by atoms with E-state index < -0.39 is 0 Å². The van der Waals surface area contributed by atoms with Crippen LogP contribution in [0.5, 0.6) is 5.75 Å². The Morgan fingerprint density at radius 2 is 1.71 bits per heavy atom. The van der Waals surface area contributed by atoms with Crippen LogP contribution in [-0.2, 0) is 0 Å². The lowest BCUT2D eigenvalue weighted by Crippen LogP contribution is -2.32. The molecule has 0 heterocycles. The first-order chi connectivity index (χ1) is 10.1. The minimum absolute atomic E-state index is 0.0989. The normalized spacial score (nSPS) is 10.4. The zero-order chi connectivity index (χ0) is 15.2. The third-order valence-electron chi connectivity index (χ3n) is 3.08. The van der Waals surface area contributed by atoms with Gasteiger partial charge in [-0.3, -0.25) is 4.79 Å². The van der Waals surface area contributed by atoms with Crippen LogP contribution in [0.1, 0.15) is 16.8 Å². The molecule has 0 aliphatic rings. The van der Waals surface area contributed by atoms with Crippen LogP contribution in [0.4, 0.5) is 10.1 Å². The van der Waals surface area contributed by atoms with E-state index in [4.69, 9.17) is 5.73 Å². The molecule has 0 radical (unpaired) electrons. The average Bonchev–Trinajstić information content (AvgIpc) is 2.50. The highest BCUT2D eigenvalue weighted by Gasteiger charge is 2.17. The van der Waals surface area contributed by atoms with Crippen LogP contribution >= 0.6 is 0 Å². The van der Waals surface area contributed by atoms with Crippen molar-refractivity contribution >= 4 is 11.6 Å². The van der Waals surface area contributed by atoms with E-state index in [0.717, 1.165) is 0 Å². The molecular formula is C16H17FN2O2. The fourth-order valence-corrected chi connectivity index (χ4v) is 1.98. The molecule has 5 heteroatoms. The quantitative estimate of drug-likeness (QED) is 0.888. The van der Waals surface area contributed by atoms with Gasteiger partial charge in [-0.05, 0) is 61.5 Å². The largest absolute Gasteiger partial charge is 0.508 e. The summed E-state index contributed by atoms with van der Waals surface area (Å²) in [6.07, 6.45) is 0.640. The Balaban J connectivity index is 2.28. The number of nitrogens with two attached hydrogens (primary N) is 1. The molecule has 0 fully saturated rings. The number of benzene rings is 2. The summed E-state index contributed by atoms with van der Waals surface area (Å²) in [5.41, 5.74) is 6.57. The molecule has 1 amide bonds. The van der Waals surface area contributed by atoms with Crippen LogP contribution in [0.15, 0.2) is 48.5 Å². The monoisotopic (exact) mass is 288 g/mol. The molecule has 3 N–H and O–H groups in total. The molecule has 0 saturated heterocycles. The van der Waals surface area contributed by atoms with Crippen molar-refractivity contribution < 1.29 is 14.3 Å². The van der Waals surface area contributed by atoms with Crippen LogP contribution < -0.4 is 10.6 Å². The summed E-state index contributed by atoms with van der Waals surface area (Å²) >= 11 is 0. The van der Waals surface area contributed by atoms with E-state index >= 15 is 0 Å². The number of phenolic OH excluding ortho intramolecular Hbond substituents is 1. The van der Waals surface area contributed by atoms with Gasteiger partial charge in [-0.1, -0.05) is 0 Å². The van der Waals surface area contributed by atoms with E-state index in [2.05, 4.69) is 0 Å². The molecule has 0 aliphatic heterocycles. The maximum atomic E-state index is 13.0. The molecule has 0 aliphatic carbocycles. The number of phenols is 1. The summed E-state index contributed by atoms with van der Waals surface area (Å²) in [5, 5.41) is 9.28. The minimum Gasteiger partial charge on any atom is -0.508 e. The van der Waals surface area contributed by atoms with Crippen molar-refractivity contribution in [2.75, 3.05) is 18.0 Å². The van der Waals surface area contributed by atoms with Gasteiger partial charge in [0, 0.05) is 17.8 Å². The van der Waals surface area contributed by atoms with Crippen molar-refractivity contribution in [3.05, 3.63) is 59.9 Å². The van der Waals surface area contributed by atoms with E-state index in [1.54, 1.807) is 29.2 Å². The number of carbonyl (C=O) groups excluding carboxylic acids is 1. The highest BCUT2D eigenvalue weighted by atomic mass is 19.1. The topological polar surface area (TPSA) is 66.6 Å². The molecule has 0 unspecified atom stereocenters. The van der Waals surface area contributed by atoms with Crippen LogP contribution in [0.3, 0.4) is 0 Å². The first-order valence-corrected chi connectivity index (χ1v) is 6.68. The van der Waals surface area contributed by atoms with Gasteiger partial charge < -0.3 is 15.7 Å². The fourth-order valence-electron chi connectivity index (χ4n) is 1.98. The van der Waals surface area contributed by atoms with Crippen LogP contribution in [-0.4, -0.2) is 24.1 Å². The molecule has 0 spiro atoms. The zero-order valence-electron chi connectivity index (χ0n) is 11.5. The van der Waals surface area contributed by atoms with Crippen molar-refractivity contribution in [1.29, 1.82) is 0 Å². The standard InChI is InChI=1S/C16H17FN2O2/c17-13-4-6-14(7-5-13)19(11-1-10-18)16(21)12-2-8-15(20)9-3-12/h2-9,20H,1,10-11,18H2. The number of amides is 1. The predicted molar refractivity (Wildman–Crippen MR) is 79.9 cm³/mol. The lowest BCUT2D eigenvalue weighted by atomic mass is 10.1. The van der Waals surface area contributed by atoms with Crippen molar-refractivity contribution in [2.24, 2.45) is 5.73 Å². The lowest BCUT2D eigenvalue weighted by molar-refractivity contribution is 0.0987. The van der Waals surface area contributed by atoms with Gasteiger partial charge in [0.25, 0.3) is 5.91 Å². The molecule has 0 bridgehead atoms. The first kappa shape index (κ1) is 15.0. The Labute approximate surface area is 122 Å². The molecule has 0 aromatic heterocycles. The second-order valence-electron chi connectivity index (χ2n) is 4.62. The van der Waals surface area contributed by atoms with Crippen LogP contribution in [0.25, 0.3) is 0 Å². The fraction of sp³-hybridized carbons (Fsp3) is 0.188. The van der Waals surface area contributed by atoms with Crippen molar-refractivity contribution in [3.63, 3.8) is 0 Å². The molecule has 0 saturated carbocycles. The van der Waals surface area contributed by atoms with Gasteiger partial charge in [0.1, 0.15) is 11.6 Å². The number of rotatable bonds is 5. The average molecular weight is 288 g/mol. The van der Waals surface area contributed by atoms with Crippen LogP contribution in [0.2, 0.25) is 0 Å². The third kappa shape index (κ3) is 3.79. The summed E-state index contributed by atoms with van der Waals surface area (Å²) in [6, 6.07) is 11.8. The maximum absolute atomic E-state index is 13.0. The number of carbonyl (C=O) groups is 1. The number of anilines is 1. The molecule has 21 heavy (non-hydrogen) atoms. The highest BCUT2D eigenvalue weighted by Crippen LogP contribution is 2.19. The van der Waals surface area contributed by atoms with E-state index in [0.29, 0.717) is 30.8 Å². The second kappa shape index (κ2) is 6.85. The second-order valence-corrected chi connectivity index (χ2v) is 4.62. The molecule has 110 valence electrons. The Bertz CT molecular complexity index is 597. The predicted octanol–water partition coefficient (Wildman–Crippen LogP) is 2.53. The van der Waals surface area contributed by atoms with Gasteiger partial charge in [-0.2, -0.15) is 0 Å². The number of halogens is 1. The molecular weight excluding hydrogens is 271 g/mol. The number of hydrogen-bond donors (Lipinski definition) is 2. The summed E-state index contributed by atoms with van der Waals surface area (Å²) in [6.45, 7) is 0.905. The van der Waals surface area contributed by atoms with Gasteiger partial charge in [0.2, 0.25) is 0 Å². The van der Waals surface area contributed by atoms with Crippen molar-refractivity contribution in [2.45, 2.75) is 6.42 Å². The summed E-state index contributed by atoms with van der Waals surface area (Å²) in [7, 11) is 0. The van der Waals surface area contributed by atoms with Gasteiger partial charge >= 0.3 is 0 Å². The summed E-state index contributed by atoms with van der Waals surface area (Å²) in [5.74, 6) is -0.466. The Kier molecular flexibility index (Phi) is 4.90. The van der Waals surface area contributed by atoms with Gasteiger partial charge in [0.05, 0.1) is 0 Å². The third-order valence-corrected chi connectivity index (χ3v) is 3.08. The van der Waals surface area contributed by atoms with Crippen LogP contribution in [0, 0.1) is 5.82 Å². The zero-order valence-corrected chi connectivity index (χ0v) is 11.5. The van der Waals surface area contributed by atoms with Crippen molar-refractivity contribution in [3.8, 4) is 5.75 Å².